The second kappa shape index (κ2) is 4.19. The summed E-state index contributed by atoms with van der Waals surface area (Å²) in [6.07, 6.45) is 8.74. The summed E-state index contributed by atoms with van der Waals surface area (Å²) in [6, 6.07) is 0. The molecule has 1 saturated heterocycles. The Labute approximate surface area is 86.6 Å². The summed E-state index contributed by atoms with van der Waals surface area (Å²) in [6.45, 7) is 2.47. The van der Waals surface area contributed by atoms with E-state index in [9.17, 15) is 0 Å². The van der Waals surface area contributed by atoms with Gasteiger partial charge in [-0.3, -0.25) is 0 Å². The maximum absolute atomic E-state index is 9.17. The van der Waals surface area contributed by atoms with Gasteiger partial charge in [0.05, 0.1) is 18.3 Å². The fourth-order valence-electron chi connectivity index (χ4n) is 3.38. The van der Waals surface area contributed by atoms with E-state index in [-0.39, 0.29) is 18.3 Å². The molecule has 2 heteroatoms. The first-order chi connectivity index (χ1) is 6.80. The molecule has 3 unspecified atom stereocenters. The number of aliphatic hydroxyl groups is 1. The largest absolute Gasteiger partial charge is 0.394 e. The maximum Gasteiger partial charge on any atom is 0.0813 e. The van der Waals surface area contributed by atoms with Crippen LogP contribution in [0.2, 0.25) is 0 Å². The lowest BCUT2D eigenvalue weighted by Crippen LogP contribution is -2.44. The molecule has 82 valence electrons. The van der Waals surface area contributed by atoms with Gasteiger partial charge >= 0.3 is 0 Å². The Kier molecular flexibility index (Phi) is 3.13. The van der Waals surface area contributed by atoms with Gasteiger partial charge in [-0.05, 0) is 38.0 Å². The van der Waals surface area contributed by atoms with Gasteiger partial charge in [0.1, 0.15) is 0 Å². The van der Waals surface area contributed by atoms with Gasteiger partial charge in [-0.2, -0.15) is 0 Å². The summed E-state index contributed by atoms with van der Waals surface area (Å²) in [7, 11) is 0. The molecule has 1 aliphatic carbocycles. The van der Waals surface area contributed by atoms with Crippen molar-refractivity contribution in [2.45, 2.75) is 63.6 Å². The quantitative estimate of drug-likeness (QED) is 0.738. The van der Waals surface area contributed by atoms with Crippen molar-refractivity contribution >= 4 is 0 Å². The van der Waals surface area contributed by atoms with Crippen LogP contribution in [-0.4, -0.2) is 23.4 Å². The average molecular weight is 198 g/mol. The maximum atomic E-state index is 9.17. The molecule has 0 aromatic rings. The summed E-state index contributed by atoms with van der Waals surface area (Å²) in [5.74, 6) is 0.747. The minimum atomic E-state index is 0.121. The van der Waals surface area contributed by atoms with E-state index in [0.29, 0.717) is 0 Å². The molecule has 3 atom stereocenters. The highest BCUT2D eigenvalue weighted by molar-refractivity contribution is 4.96. The molecule has 1 heterocycles. The Morgan fingerprint density at radius 3 is 2.64 bits per heavy atom. The molecule has 0 radical (unpaired) electrons. The van der Waals surface area contributed by atoms with E-state index in [1.54, 1.807) is 0 Å². The van der Waals surface area contributed by atoms with E-state index in [2.05, 4.69) is 6.92 Å². The van der Waals surface area contributed by atoms with Crippen LogP contribution in [0.5, 0.6) is 0 Å². The minimum Gasteiger partial charge on any atom is -0.394 e. The van der Waals surface area contributed by atoms with Gasteiger partial charge in [0.15, 0.2) is 0 Å². The fourth-order valence-corrected chi connectivity index (χ4v) is 3.38. The van der Waals surface area contributed by atoms with Crippen LogP contribution < -0.4 is 0 Å². The molecule has 0 bridgehead atoms. The van der Waals surface area contributed by atoms with Crippen LogP contribution in [0.1, 0.15) is 51.9 Å². The summed E-state index contributed by atoms with van der Waals surface area (Å²) in [4.78, 5) is 0. The normalized spacial score (nSPS) is 43.3. The molecular weight excluding hydrogens is 176 g/mol. The lowest BCUT2D eigenvalue weighted by molar-refractivity contribution is -0.160. The van der Waals surface area contributed by atoms with E-state index < -0.39 is 0 Å². The second-order valence-corrected chi connectivity index (χ2v) is 4.88. The van der Waals surface area contributed by atoms with Gasteiger partial charge in [-0.1, -0.05) is 19.8 Å². The highest BCUT2D eigenvalue weighted by Gasteiger charge is 2.45. The fraction of sp³-hybridized carbons (Fsp3) is 1.00. The van der Waals surface area contributed by atoms with Gasteiger partial charge in [-0.25, -0.2) is 0 Å². The standard InChI is InChI=1S/C12H22O2/c1-2-10-5-3-7-12(10)8-4-6-11(9-13)14-12/h10-11,13H,2-9H2,1H3. The first-order valence-corrected chi connectivity index (χ1v) is 6.09. The molecule has 0 aromatic carbocycles. The Balaban J connectivity index is 2.05. The van der Waals surface area contributed by atoms with Crippen LogP contribution in [0.3, 0.4) is 0 Å². The molecule has 2 fully saturated rings. The van der Waals surface area contributed by atoms with Crippen molar-refractivity contribution in [3.8, 4) is 0 Å². The van der Waals surface area contributed by atoms with Crippen LogP contribution in [-0.2, 0) is 4.74 Å². The Morgan fingerprint density at radius 1 is 1.29 bits per heavy atom. The first kappa shape index (κ1) is 10.4. The summed E-state index contributed by atoms with van der Waals surface area (Å²) in [5, 5.41) is 9.17. The van der Waals surface area contributed by atoms with Crippen molar-refractivity contribution in [2.24, 2.45) is 5.92 Å². The topological polar surface area (TPSA) is 29.5 Å². The van der Waals surface area contributed by atoms with Crippen LogP contribution in [0, 0.1) is 5.92 Å². The molecule has 14 heavy (non-hydrogen) atoms. The van der Waals surface area contributed by atoms with Crippen molar-refractivity contribution in [1.29, 1.82) is 0 Å². The molecule has 0 aromatic heterocycles. The highest BCUT2D eigenvalue weighted by atomic mass is 16.5. The lowest BCUT2D eigenvalue weighted by atomic mass is 9.81. The first-order valence-electron chi connectivity index (χ1n) is 6.09. The molecule has 1 spiro atoms. The van der Waals surface area contributed by atoms with E-state index in [1.165, 1.54) is 38.5 Å². The zero-order valence-electron chi connectivity index (χ0n) is 9.17. The minimum absolute atomic E-state index is 0.121. The number of rotatable bonds is 2. The van der Waals surface area contributed by atoms with Crippen LogP contribution >= 0.6 is 0 Å². The van der Waals surface area contributed by atoms with Gasteiger partial charge in [0, 0.05) is 0 Å². The Bertz CT molecular complexity index is 193. The number of hydrogen-bond acceptors (Lipinski definition) is 2. The SMILES string of the molecule is CCC1CCCC12CCCC(CO)O2. The molecule has 2 aliphatic rings. The smallest absolute Gasteiger partial charge is 0.0813 e. The molecule has 2 nitrogen and oxygen atoms in total. The summed E-state index contributed by atoms with van der Waals surface area (Å²) >= 11 is 0. The molecule has 1 saturated carbocycles. The number of aliphatic hydroxyl groups excluding tert-OH is 1. The van der Waals surface area contributed by atoms with Crippen molar-refractivity contribution in [2.75, 3.05) is 6.61 Å². The molecule has 0 amide bonds. The van der Waals surface area contributed by atoms with Crippen LogP contribution in [0.25, 0.3) is 0 Å². The van der Waals surface area contributed by atoms with Crippen LogP contribution in [0.15, 0.2) is 0 Å². The van der Waals surface area contributed by atoms with Gasteiger partial charge < -0.3 is 9.84 Å². The van der Waals surface area contributed by atoms with E-state index in [1.807, 2.05) is 0 Å². The van der Waals surface area contributed by atoms with Crippen molar-refractivity contribution in [3.63, 3.8) is 0 Å². The molecular formula is C12H22O2. The van der Waals surface area contributed by atoms with Crippen molar-refractivity contribution in [3.05, 3.63) is 0 Å². The van der Waals surface area contributed by atoms with E-state index in [4.69, 9.17) is 9.84 Å². The van der Waals surface area contributed by atoms with Gasteiger partial charge in [0.25, 0.3) is 0 Å². The lowest BCUT2D eigenvalue weighted by Gasteiger charge is -2.42. The van der Waals surface area contributed by atoms with Crippen molar-refractivity contribution in [1.82, 2.24) is 0 Å². The number of hydrogen-bond donors (Lipinski definition) is 1. The third-order valence-electron chi connectivity index (χ3n) is 4.12. The molecule has 1 N–H and O–H groups in total. The van der Waals surface area contributed by atoms with Gasteiger partial charge in [0.2, 0.25) is 0 Å². The highest BCUT2D eigenvalue weighted by Crippen LogP contribution is 2.47. The van der Waals surface area contributed by atoms with Gasteiger partial charge in [-0.15, -0.1) is 0 Å². The zero-order chi connectivity index (χ0) is 10.0. The predicted molar refractivity (Wildman–Crippen MR) is 56.2 cm³/mol. The monoisotopic (exact) mass is 198 g/mol. The van der Waals surface area contributed by atoms with E-state index >= 15 is 0 Å². The Hall–Kier alpha value is -0.0800. The number of ether oxygens (including phenoxy) is 1. The second-order valence-electron chi connectivity index (χ2n) is 4.88. The zero-order valence-corrected chi connectivity index (χ0v) is 9.17. The predicted octanol–water partition coefficient (Wildman–Crippen LogP) is 2.50. The average Bonchev–Trinajstić information content (AvgIpc) is 2.60. The third-order valence-corrected chi connectivity index (χ3v) is 4.12. The van der Waals surface area contributed by atoms with Crippen LogP contribution in [0.4, 0.5) is 0 Å². The third kappa shape index (κ3) is 1.70. The Morgan fingerprint density at radius 2 is 2.00 bits per heavy atom. The summed E-state index contributed by atoms with van der Waals surface area (Å²) in [5.41, 5.74) is 0.153. The van der Waals surface area contributed by atoms with E-state index in [0.717, 1.165) is 12.3 Å². The van der Waals surface area contributed by atoms with Crippen molar-refractivity contribution < 1.29 is 9.84 Å². The summed E-state index contributed by atoms with van der Waals surface area (Å²) < 4.78 is 6.14. The molecule has 2 rings (SSSR count). The molecule has 1 aliphatic heterocycles.